The molecule has 0 atom stereocenters. The first-order valence-electron chi connectivity index (χ1n) is 8.35. The summed E-state index contributed by atoms with van der Waals surface area (Å²) >= 11 is 17.5. The second-order valence-corrected chi connectivity index (χ2v) is 7.22. The number of nitrogens with zero attached hydrogens (tertiary/aromatic N) is 1. The molecule has 7 heteroatoms. The number of hydrogen-bond donors (Lipinski definition) is 3. The number of thiocarbonyl (C=S) groups is 1. The van der Waals surface area contributed by atoms with Crippen molar-refractivity contribution >= 4 is 57.6 Å². The Hall–Kier alpha value is -2.44. The lowest BCUT2D eigenvalue weighted by atomic mass is 10.1. The lowest BCUT2D eigenvalue weighted by molar-refractivity contribution is -0.576. The average Bonchev–Trinajstić information content (AvgIpc) is 2.70. The van der Waals surface area contributed by atoms with E-state index in [1.54, 1.807) is 77.6 Å². The highest BCUT2D eigenvalue weighted by Gasteiger charge is 2.24. The quantitative estimate of drug-likeness (QED) is 0.227. The Morgan fingerprint density at radius 1 is 0.964 bits per heavy atom. The first-order valence-corrected chi connectivity index (χ1v) is 9.52. The third-order valence-corrected chi connectivity index (χ3v) is 4.76. The molecule has 3 rings (SSSR count). The smallest absolute Gasteiger partial charge is 0.288 e. The van der Waals surface area contributed by atoms with E-state index in [1.807, 2.05) is 0 Å². The fourth-order valence-electron chi connectivity index (χ4n) is 2.57. The lowest BCUT2D eigenvalue weighted by Gasteiger charge is -2.11. The summed E-state index contributed by atoms with van der Waals surface area (Å²) in [6.45, 7) is -0.132. The molecule has 0 fully saturated rings. The van der Waals surface area contributed by atoms with E-state index < -0.39 is 0 Å². The highest BCUT2D eigenvalue weighted by Crippen LogP contribution is 2.21. The molecule has 0 bridgehead atoms. The molecular formula is C21H17Cl2N2O2S+. The number of benzene rings is 2. The largest absolute Gasteiger partial charge is 0.502 e. The van der Waals surface area contributed by atoms with Gasteiger partial charge in [-0.3, -0.25) is 0 Å². The molecule has 0 aliphatic carbocycles. The van der Waals surface area contributed by atoms with Gasteiger partial charge in [0.1, 0.15) is 0 Å². The molecule has 0 spiro atoms. The molecule has 0 radical (unpaired) electrons. The third-order valence-electron chi connectivity index (χ3n) is 3.96. The van der Waals surface area contributed by atoms with E-state index >= 15 is 0 Å². The van der Waals surface area contributed by atoms with E-state index in [1.165, 1.54) is 0 Å². The van der Waals surface area contributed by atoms with Crippen LogP contribution in [0.4, 0.5) is 5.69 Å². The van der Waals surface area contributed by atoms with Gasteiger partial charge >= 0.3 is 0 Å². The first-order chi connectivity index (χ1) is 13.5. The Kier molecular flexibility index (Phi) is 6.65. The minimum absolute atomic E-state index is 0.0248. The molecule has 1 heterocycles. The predicted molar refractivity (Wildman–Crippen MR) is 117 cm³/mol. The van der Waals surface area contributed by atoms with Gasteiger partial charge in [-0.05, 0) is 54.6 Å². The molecule has 0 aliphatic heterocycles. The Morgan fingerprint density at radius 3 is 2.18 bits per heavy atom. The van der Waals surface area contributed by atoms with Gasteiger partial charge in [0.05, 0.1) is 6.61 Å². The zero-order chi connectivity index (χ0) is 20.1. The number of aliphatic hydroxyl groups excluding tert-OH is 2. The van der Waals surface area contributed by atoms with Crippen molar-refractivity contribution in [1.82, 2.24) is 0 Å². The van der Waals surface area contributed by atoms with Gasteiger partial charge in [-0.2, -0.15) is 4.57 Å². The first kappa shape index (κ1) is 20.3. The van der Waals surface area contributed by atoms with Gasteiger partial charge in [-0.1, -0.05) is 35.4 Å². The van der Waals surface area contributed by atoms with Gasteiger partial charge < -0.3 is 15.5 Å². The van der Waals surface area contributed by atoms with Crippen molar-refractivity contribution < 1.29 is 14.8 Å². The summed E-state index contributed by atoms with van der Waals surface area (Å²) in [5.74, 6) is -0.0248. The number of anilines is 1. The summed E-state index contributed by atoms with van der Waals surface area (Å²) in [4.78, 5) is 0.301. The number of hydrogen-bond acceptors (Lipinski definition) is 3. The second kappa shape index (κ2) is 9.17. The second-order valence-electron chi connectivity index (χ2n) is 5.94. The van der Waals surface area contributed by atoms with Gasteiger partial charge in [-0.15, -0.1) is 0 Å². The monoisotopic (exact) mass is 431 g/mol. The van der Waals surface area contributed by atoms with Crippen LogP contribution in [0.1, 0.15) is 11.1 Å². The molecule has 3 aromatic rings. The number of halogens is 2. The Labute approximate surface area is 178 Å². The summed E-state index contributed by atoms with van der Waals surface area (Å²) in [6, 6.07) is 17.4. The Balaban J connectivity index is 2.07. The average molecular weight is 432 g/mol. The maximum atomic E-state index is 11.0. The number of rotatable bonds is 5. The van der Waals surface area contributed by atoms with Crippen LogP contribution in [-0.4, -0.2) is 15.2 Å². The Morgan fingerprint density at radius 2 is 1.57 bits per heavy atom. The molecule has 3 N–H and O–H groups in total. The summed E-state index contributed by atoms with van der Waals surface area (Å²) in [7, 11) is 0. The van der Waals surface area contributed by atoms with Crippen LogP contribution < -0.4 is 9.88 Å². The van der Waals surface area contributed by atoms with Crippen molar-refractivity contribution in [2.45, 2.75) is 6.61 Å². The van der Waals surface area contributed by atoms with Crippen LogP contribution in [-0.2, 0) is 6.61 Å². The van der Waals surface area contributed by atoms with E-state index in [9.17, 15) is 10.2 Å². The fourth-order valence-corrected chi connectivity index (χ4v) is 3.14. The number of aliphatic hydroxyl groups is 2. The molecule has 0 saturated heterocycles. The van der Waals surface area contributed by atoms with Crippen molar-refractivity contribution in [2.24, 2.45) is 0 Å². The molecule has 1 aromatic heterocycles. The van der Waals surface area contributed by atoms with Crippen molar-refractivity contribution in [3.63, 3.8) is 0 Å². The minimum Gasteiger partial charge on any atom is -0.502 e. The van der Waals surface area contributed by atoms with Crippen molar-refractivity contribution in [1.29, 1.82) is 0 Å². The number of pyridine rings is 1. The molecule has 142 valence electrons. The van der Waals surface area contributed by atoms with Crippen LogP contribution in [0.2, 0.25) is 10.0 Å². The van der Waals surface area contributed by atoms with Gasteiger partial charge in [0.15, 0.2) is 23.1 Å². The maximum Gasteiger partial charge on any atom is 0.288 e. The third kappa shape index (κ3) is 4.88. The standard InChI is InChI=1S/C21H16Cl2N2O2S/c22-16-5-3-15(4-6-16)20(27)19(25-11-1-2-14(12-25)13-26)21(28)24-18-9-7-17(23)8-10-18/h1-12,26H,13H2,(H-,24,27,28)/p+1. The van der Waals surface area contributed by atoms with Crippen LogP contribution in [0, 0.1) is 0 Å². The van der Waals surface area contributed by atoms with Crippen LogP contribution in [0.15, 0.2) is 73.1 Å². The minimum atomic E-state index is -0.132. The predicted octanol–water partition coefficient (Wildman–Crippen LogP) is 5.10. The zero-order valence-corrected chi connectivity index (χ0v) is 17.0. The molecule has 2 aromatic carbocycles. The maximum absolute atomic E-state index is 11.0. The van der Waals surface area contributed by atoms with E-state index in [0.29, 0.717) is 31.9 Å². The van der Waals surface area contributed by atoms with E-state index in [2.05, 4.69) is 5.32 Å². The van der Waals surface area contributed by atoms with Crippen molar-refractivity contribution in [3.8, 4) is 0 Å². The number of aromatic nitrogens is 1. The Bertz CT molecular complexity index is 1020. The van der Waals surface area contributed by atoms with Crippen LogP contribution in [0.5, 0.6) is 0 Å². The van der Waals surface area contributed by atoms with Crippen LogP contribution in [0.25, 0.3) is 11.5 Å². The van der Waals surface area contributed by atoms with E-state index in [4.69, 9.17) is 35.4 Å². The molecule has 4 nitrogen and oxygen atoms in total. The summed E-state index contributed by atoms with van der Waals surface area (Å²) in [6.07, 6.45) is 3.45. The van der Waals surface area contributed by atoms with E-state index in [-0.39, 0.29) is 12.4 Å². The SMILES string of the molecule is OCc1ccc[n+](/C(C(=S)Nc2ccc(Cl)cc2)=C(/O)c2ccc(Cl)cc2)c1. The lowest BCUT2D eigenvalue weighted by Crippen LogP contribution is -2.39. The van der Waals surface area contributed by atoms with Gasteiger partial charge in [0.25, 0.3) is 5.70 Å². The van der Waals surface area contributed by atoms with E-state index in [0.717, 1.165) is 5.69 Å². The van der Waals surface area contributed by atoms with Crippen LogP contribution >= 0.6 is 35.4 Å². The summed E-state index contributed by atoms with van der Waals surface area (Å²) < 4.78 is 1.67. The molecule has 0 unspecified atom stereocenters. The van der Waals surface area contributed by atoms with Crippen molar-refractivity contribution in [3.05, 3.63) is 94.2 Å². The molecule has 0 amide bonds. The summed E-state index contributed by atoms with van der Waals surface area (Å²) in [5, 5.41) is 24.7. The van der Waals surface area contributed by atoms with Crippen molar-refractivity contribution in [2.75, 3.05) is 5.32 Å². The highest BCUT2D eigenvalue weighted by molar-refractivity contribution is 7.81. The molecule has 0 aliphatic rings. The normalized spacial score (nSPS) is 11.7. The molecule has 0 saturated carbocycles. The molecular weight excluding hydrogens is 415 g/mol. The summed E-state index contributed by atoms with van der Waals surface area (Å²) in [5.41, 5.74) is 2.33. The van der Waals surface area contributed by atoms with Gasteiger partial charge in [0.2, 0.25) is 0 Å². The van der Waals surface area contributed by atoms with Crippen LogP contribution in [0.3, 0.4) is 0 Å². The van der Waals surface area contributed by atoms with Gasteiger partial charge in [-0.25, -0.2) is 0 Å². The van der Waals surface area contributed by atoms with Gasteiger partial charge in [0, 0.05) is 32.9 Å². The zero-order valence-electron chi connectivity index (χ0n) is 14.6. The molecule has 28 heavy (non-hydrogen) atoms. The highest BCUT2D eigenvalue weighted by atomic mass is 35.5. The fraction of sp³-hybridized carbons (Fsp3) is 0.0476. The topological polar surface area (TPSA) is 56.4 Å². The number of nitrogens with one attached hydrogen (secondary N) is 1.